The van der Waals surface area contributed by atoms with Crippen molar-refractivity contribution in [1.82, 2.24) is 0 Å². The highest BCUT2D eigenvalue weighted by molar-refractivity contribution is 5.97. The highest BCUT2D eigenvalue weighted by Gasteiger charge is 2.10. The van der Waals surface area contributed by atoms with Crippen LogP contribution in [0.25, 0.3) is 0 Å². The Hall–Kier alpha value is -1.09. The van der Waals surface area contributed by atoms with Crippen LogP contribution in [-0.2, 0) is 4.79 Å². The van der Waals surface area contributed by atoms with Crippen LogP contribution < -0.4 is 11.5 Å². The standard InChI is InChI=1S/C6H8N2O/c7-4-1-2-5(8)6(9)3-4/h1-3,5H,7-8H2. The summed E-state index contributed by atoms with van der Waals surface area (Å²) in [5, 5.41) is 0. The summed E-state index contributed by atoms with van der Waals surface area (Å²) in [7, 11) is 0. The van der Waals surface area contributed by atoms with Crippen molar-refractivity contribution in [2.45, 2.75) is 6.04 Å². The molecule has 1 atom stereocenters. The molecule has 0 aromatic heterocycles. The molecular weight excluding hydrogens is 116 g/mol. The van der Waals surface area contributed by atoms with Gasteiger partial charge in [-0.25, -0.2) is 0 Å². The molecule has 0 spiro atoms. The zero-order valence-electron chi connectivity index (χ0n) is 4.87. The summed E-state index contributed by atoms with van der Waals surface area (Å²) >= 11 is 0. The SMILES string of the molecule is NC1=CC(=O)C(N)C=C1. The number of hydrogen-bond acceptors (Lipinski definition) is 3. The first-order valence-electron chi connectivity index (χ1n) is 2.65. The molecule has 0 amide bonds. The van der Waals surface area contributed by atoms with Gasteiger partial charge in [0.1, 0.15) is 0 Å². The monoisotopic (exact) mass is 124 g/mol. The number of carbonyl (C=O) groups excluding carboxylic acids is 1. The highest BCUT2D eigenvalue weighted by Crippen LogP contribution is 1.99. The maximum Gasteiger partial charge on any atom is 0.178 e. The van der Waals surface area contributed by atoms with Gasteiger partial charge >= 0.3 is 0 Å². The Balaban J connectivity index is 2.82. The lowest BCUT2D eigenvalue weighted by Crippen LogP contribution is -2.29. The van der Waals surface area contributed by atoms with E-state index in [1.807, 2.05) is 0 Å². The molecule has 1 aliphatic carbocycles. The number of nitrogens with two attached hydrogens (primary N) is 2. The van der Waals surface area contributed by atoms with Crippen molar-refractivity contribution in [3.05, 3.63) is 23.9 Å². The van der Waals surface area contributed by atoms with E-state index in [0.29, 0.717) is 5.70 Å². The second-order valence-electron chi connectivity index (χ2n) is 1.93. The Morgan fingerprint density at radius 2 is 2.22 bits per heavy atom. The smallest absolute Gasteiger partial charge is 0.178 e. The molecule has 3 nitrogen and oxygen atoms in total. The molecule has 1 unspecified atom stereocenters. The zero-order valence-corrected chi connectivity index (χ0v) is 4.87. The third-order valence-corrected chi connectivity index (χ3v) is 1.13. The summed E-state index contributed by atoms with van der Waals surface area (Å²) in [6.45, 7) is 0. The Bertz CT molecular complexity index is 193. The van der Waals surface area contributed by atoms with Crippen LogP contribution in [0.2, 0.25) is 0 Å². The molecule has 0 saturated heterocycles. The fourth-order valence-electron chi connectivity index (χ4n) is 0.618. The average molecular weight is 124 g/mol. The second-order valence-corrected chi connectivity index (χ2v) is 1.93. The predicted molar refractivity (Wildman–Crippen MR) is 34.4 cm³/mol. The van der Waals surface area contributed by atoms with Crippen molar-refractivity contribution < 1.29 is 4.79 Å². The van der Waals surface area contributed by atoms with Crippen LogP contribution in [0.3, 0.4) is 0 Å². The van der Waals surface area contributed by atoms with Crippen LogP contribution in [0.1, 0.15) is 0 Å². The summed E-state index contributed by atoms with van der Waals surface area (Å²) in [4.78, 5) is 10.7. The molecule has 9 heavy (non-hydrogen) atoms. The van der Waals surface area contributed by atoms with Crippen LogP contribution >= 0.6 is 0 Å². The van der Waals surface area contributed by atoms with Crippen molar-refractivity contribution in [2.75, 3.05) is 0 Å². The third-order valence-electron chi connectivity index (χ3n) is 1.13. The summed E-state index contributed by atoms with van der Waals surface area (Å²) in [6, 6.07) is -0.489. The second kappa shape index (κ2) is 2.03. The number of allylic oxidation sites excluding steroid dienone is 1. The van der Waals surface area contributed by atoms with Crippen molar-refractivity contribution in [1.29, 1.82) is 0 Å². The Labute approximate surface area is 53.0 Å². The van der Waals surface area contributed by atoms with Crippen LogP contribution in [-0.4, -0.2) is 11.8 Å². The van der Waals surface area contributed by atoms with Crippen molar-refractivity contribution in [2.24, 2.45) is 11.5 Å². The van der Waals surface area contributed by atoms with E-state index >= 15 is 0 Å². The quantitative estimate of drug-likeness (QED) is 0.448. The summed E-state index contributed by atoms with van der Waals surface area (Å²) in [5.41, 5.74) is 11.1. The third kappa shape index (κ3) is 1.17. The lowest BCUT2D eigenvalue weighted by atomic mass is 10.1. The summed E-state index contributed by atoms with van der Waals surface area (Å²) in [5.74, 6) is -0.130. The molecule has 0 aromatic carbocycles. The van der Waals surface area contributed by atoms with Gasteiger partial charge in [-0.3, -0.25) is 4.79 Å². The van der Waals surface area contributed by atoms with E-state index in [9.17, 15) is 4.79 Å². The predicted octanol–water partition coefficient (Wildman–Crippen LogP) is -0.705. The number of hydrogen-bond donors (Lipinski definition) is 2. The van der Waals surface area contributed by atoms with Gasteiger partial charge in [-0.15, -0.1) is 0 Å². The number of rotatable bonds is 0. The Kier molecular flexibility index (Phi) is 1.36. The van der Waals surface area contributed by atoms with Gasteiger partial charge in [-0.2, -0.15) is 0 Å². The molecule has 3 heteroatoms. The molecule has 0 radical (unpaired) electrons. The zero-order chi connectivity index (χ0) is 6.85. The molecule has 0 saturated carbocycles. The lowest BCUT2D eigenvalue weighted by molar-refractivity contribution is -0.115. The Morgan fingerprint density at radius 3 is 2.67 bits per heavy atom. The molecule has 0 fully saturated rings. The van der Waals surface area contributed by atoms with Crippen molar-refractivity contribution in [3.8, 4) is 0 Å². The fraction of sp³-hybridized carbons (Fsp3) is 0.167. The van der Waals surface area contributed by atoms with Gasteiger partial charge in [-0.05, 0) is 6.08 Å². The normalized spacial score (nSPS) is 26.1. The van der Waals surface area contributed by atoms with E-state index in [-0.39, 0.29) is 5.78 Å². The molecule has 1 aliphatic rings. The largest absolute Gasteiger partial charge is 0.399 e. The first-order valence-corrected chi connectivity index (χ1v) is 2.65. The first kappa shape index (κ1) is 6.04. The molecular formula is C6H8N2O. The van der Waals surface area contributed by atoms with E-state index in [4.69, 9.17) is 11.5 Å². The lowest BCUT2D eigenvalue weighted by Gasteiger charge is -2.06. The molecule has 0 bridgehead atoms. The van der Waals surface area contributed by atoms with Crippen LogP contribution in [0.5, 0.6) is 0 Å². The minimum Gasteiger partial charge on any atom is -0.399 e. The maximum absolute atomic E-state index is 10.7. The molecule has 0 aromatic rings. The number of ketones is 1. The topological polar surface area (TPSA) is 69.1 Å². The van der Waals surface area contributed by atoms with Gasteiger partial charge in [0, 0.05) is 11.8 Å². The molecule has 4 N–H and O–H groups in total. The first-order chi connectivity index (χ1) is 4.20. The van der Waals surface area contributed by atoms with Crippen LogP contribution in [0.15, 0.2) is 23.9 Å². The van der Waals surface area contributed by atoms with E-state index in [2.05, 4.69) is 0 Å². The Morgan fingerprint density at radius 1 is 1.56 bits per heavy atom. The van der Waals surface area contributed by atoms with Gasteiger partial charge in [0.25, 0.3) is 0 Å². The fourth-order valence-corrected chi connectivity index (χ4v) is 0.618. The van der Waals surface area contributed by atoms with Crippen molar-refractivity contribution in [3.63, 3.8) is 0 Å². The molecule has 1 rings (SSSR count). The van der Waals surface area contributed by atoms with E-state index < -0.39 is 6.04 Å². The maximum atomic E-state index is 10.7. The summed E-state index contributed by atoms with van der Waals surface area (Å²) < 4.78 is 0. The molecule has 0 aliphatic heterocycles. The summed E-state index contributed by atoms with van der Waals surface area (Å²) in [6.07, 6.45) is 4.55. The number of carbonyl (C=O) groups is 1. The van der Waals surface area contributed by atoms with E-state index in [0.717, 1.165) is 0 Å². The van der Waals surface area contributed by atoms with Gasteiger partial charge in [0.05, 0.1) is 6.04 Å². The van der Waals surface area contributed by atoms with Gasteiger partial charge in [-0.1, -0.05) is 6.08 Å². The van der Waals surface area contributed by atoms with Gasteiger partial charge in [0.2, 0.25) is 0 Å². The van der Waals surface area contributed by atoms with Gasteiger partial charge in [0.15, 0.2) is 5.78 Å². The van der Waals surface area contributed by atoms with E-state index in [1.54, 1.807) is 12.2 Å². The molecule has 0 heterocycles. The minimum absolute atomic E-state index is 0.130. The van der Waals surface area contributed by atoms with E-state index in [1.165, 1.54) is 6.08 Å². The molecule has 48 valence electrons. The van der Waals surface area contributed by atoms with Gasteiger partial charge < -0.3 is 11.5 Å². The highest BCUT2D eigenvalue weighted by atomic mass is 16.1. The van der Waals surface area contributed by atoms with Crippen molar-refractivity contribution >= 4 is 5.78 Å². The van der Waals surface area contributed by atoms with Crippen LogP contribution in [0.4, 0.5) is 0 Å². The van der Waals surface area contributed by atoms with Crippen LogP contribution in [0, 0.1) is 0 Å². The minimum atomic E-state index is -0.489. The average Bonchev–Trinajstić information content (AvgIpc) is 1.80.